The Kier molecular flexibility index (Phi) is 3.33. The lowest BCUT2D eigenvalue weighted by Crippen LogP contribution is -2.52. The van der Waals surface area contributed by atoms with Crippen LogP contribution < -0.4 is 0 Å². The summed E-state index contributed by atoms with van der Waals surface area (Å²) in [6, 6.07) is 0. The molecule has 0 aromatic carbocycles. The monoisotopic (exact) mass is 346 g/mol. The minimum Gasteiger partial charge on any atom is -0.481 e. The van der Waals surface area contributed by atoms with Crippen LogP contribution in [0.25, 0.3) is 0 Å². The highest BCUT2D eigenvalue weighted by atomic mass is 16.4. The normalized spacial score (nSPS) is 50.8. The predicted octanol–water partition coefficient (Wildman–Crippen LogP) is 3.14. The molecule has 7 atom stereocenters. The molecule has 0 aromatic heterocycles. The van der Waals surface area contributed by atoms with E-state index < -0.39 is 40.0 Å². The Hall–Kier alpha value is -1.65. The molecule has 4 rings (SSSR count). The number of rotatable bonds is 3. The lowest BCUT2D eigenvalue weighted by atomic mass is 9.53. The van der Waals surface area contributed by atoms with E-state index in [0.717, 1.165) is 31.1 Å². The number of aldehydes is 1. The molecule has 0 heterocycles. The average molecular weight is 346 g/mol. The molecule has 2 bridgehead atoms. The van der Waals surface area contributed by atoms with E-state index >= 15 is 0 Å². The molecule has 0 amide bonds. The zero-order chi connectivity index (χ0) is 18.2. The van der Waals surface area contributed by atoms with Crippen molar-refractivity contribution in [3.63, 3.8) is 0 Å². The van der Waals surface area contributed by atoms with Gasteiger partial charge in [-0.2, -0.15) is 0 Å². The van der Waals surface area contributed by atoms with Crippen LogP contribution in [0.1, 0.15) is 51.9 Å². The van der Waals surface area contributed by atoms with Gasteiger partial charge in [0, 0.05) is 11.3 Å². The van der Waals surface area contributed by atoms with Gasteiger partial charge in [-0.1, -0.05) is 18.6 Å². The van der Waals surface area contributed by atoms with Crippen molar-refractivity contribution in [1.29, 1.82) is 0 Å². The van der Waals surface area contributed by atoms with E-state index in [-0.39, 0.29) is 5.92 Å². The molecule has 4 aliphatic carbocycles. The second-order valence-corrected chi connectivity index (χ2v) is 9.20. The van der Waals surface area contributed by atoms with Crippen LogP contribution >= 0.6 is 0 Å². The van der Waals surface area contributed by atoms with Crippen LogP contribution in [0, 0.1) is 39.9 Å². The van der Waals surface area contributed by atoms with E-state index in [1.807, 2.05) is 0 Å². The Morgan fingerprint density at radius 2 is 1.96 bits per heavy atom. The summed E-state index contributed by atoms with van der Waals surface area (Å²) in [5.74, 6) is -2.99. The van der Waals surface area contributed by atoms with Crippen LogP contribution in [0.4, 0.5) is 0 Å². The molecular formula is C20H26O5. The summed E-state index contributed by atoms with van der Waals surface area (Å²) in [6.07, 6.45) is 5.85. The SMILES string of the molecule is C=C1C[C@]23C[C@H]1CC[C@H]2[C@]1(C=O)CCC[C@@](C)(C(=O)O)[C@H]1[C@@H]3C(=O)O. The molecule has 25 heavy (non-hydrogen) atoms. The largest absolute Gasteiger partial charge is 0.481 e. The first kappa shape index (κ1) is 16.8. The first-order valence-corrected chi connectivity index (χ1v) is 9.33. The second-order valence-electron chi connectivity index (χ2n) is 9.20. The van der Waals surface area contributed by atoms with Crippen molar-refractivity contribution in [3.8, 4) is 0 Å². The summed E-state index contributed by atoms with van der Waals surface area (Å²) in [6.45, 7) is 5.85. The van der Waals surface area contributed by atoms with E-state index in [1.165, 1.54) is 0 Å². The summed E-state index contributed by atoms with van der Waals surface area (Å²) in [5.41, 5.74) is -1.36. The fourth-order valence-electron chi connectivity index (χ4n) is 7.64. The number of hydrogen-bond donors (Lipinski definition) is 2. The van der Waals surface area contributed by atoms with E-state index in [0.29, 0.717) is 31.6 Å². The van der Waals surface area contributed by atoms with Gasteiger partial charge in [-0.25, -0.2) is 0 Å². The van der Waals surface area contributed by atoms with Crippen molar-refractivity contribution < 1.29 is 24.6 Å². The Morgan fingerprint density at radius 1 is 1.24 bits per heavy atom. The topological polar surface area (TPSA) is 91.7 Å². The minimum absolute atomic E-state index is 0.0296. The highest BCUT2D eigenvalue weighted by Gasteiger charge is 2.76. The number of carboxylic acids is 2. The Bertz CT molecular complexity index is 684. The summed E-state index contributed by atoms with van der Waals surface area (Å²) in [5, 5.41) is 20.2. The molecule has 4 fully saturated rings. The number of carbonyl (C=O) groups is 3. The number of aliphatic carboxylic acids is 2. The van der Waals surface area contributed by atoms with Gasteiger partial charge in [0.25, 0.3) is 0 Å². The lowest BCUT2D eigenvalue weighted by Gasteiger charge is -2.49. The van der Waals surface area contributed by atoms with Crippen molar-refractivity contribution in [2.24, 2.45) is 39.9 Å². The standard InChI is InChI=1S/C20H26O5/c1-11-8-20-9-12(11)4-5-13(20)19(10-21)7-3-6-18(2,17(24)25)15(19)14(20)16(22)23/h10,12-15H,1,3-9H2,2H3,(H,22,23)(H,24,25)/t12-,13+,14-,15-,18-,19-,20+/m1/s1. The third-order valence-electron chi connectivity index (χ3n) is 8.40. The predicted molar refractivity (Wildman–Crippen MR) is 89.7 cm³/mol. The van der Waals surface area contributed by atoms with Gasteiger partial charge in [0.05, 0.1) is 11.3 Å². The molecule has 2 N–H and O–H groups in total. The molecule has 5 heteroatoms. The Morgan fingerprint density at radius 3 is 2.56 bits per heavy atom. The van der Waals surface area contributed by atoms with Crippen LogP contribution in [0.3, 0.4) is 0 Å². The lowest BCUT2D eigenvalue weighted by molar-refractivity contribution is -0.167. The maximum absolute atomic E-state index is 12.4. The molecule has 0 aromatic rings. The molecule has 5 nitrogen and oxygen atoms in total. The second kappa shape index (κ2) is 4.95. The molecule has 0 radical (unpaired) electrons. The van der Waals surface area contributed by atoms with Gasteiger partial charge in [0.1, 0.15) is 6.29 Å². The van der Waals surface area contributed by atoms with Crippen LogP contribution in [0.15, 0.2) is 12.2 Å². The number of carbonyl (C=O) groups excluding carboxylic acids is 1. The molecule has 0 saturated heterocycles. The van der Waals surface area contributed by atoms with Crippen molar-refractivity contribution in [2.45, 2.75) is 51.9 Å². The fraction of sp³-hybridized carbons (Fsp3) is 0.750. The van der Waals surface area contributed by atoms with Gasteiger partial charge in [0.2, 0.25) is 0 Å². The van der Waals surface area contributed by atoms with Crippen LogP contribution in [0.2, 0.25) is 0 Å². The number of allylic oxidation sites excluding steroid dienone is 1. The van der Waals surface area contributed by atoms with Crippen molar-refractivity contribution in [1.82, 2.24) is 0 Å². The Labute approximate surface area is 147 Å². The van der Waals surface area contributed by atoms with Gasteiger partial charge in [-0.05, 0) is 62.7 Å². The molecule has 4 saturated carbocycles. The van der Waals surface area contributed by atoms with Crippen LogP contribution in [0.5, 0.6) is 0 Å². The van der Waals surface area contributed by atoms with E-state index in [1.54, 1.807) is 6.92 Å². The number of hydrogen-bond acceptors (Lipinski definition) is 3. The molecular weight excluding hydrogens is 320 g/mol. The van der Waals surface area contributed by atoms with E-state index in [9.17, 15) is 24.6 Å². The number of fused-ring (bicyclic) bond motifs is 3. The first-order valence-electron chi connectivity index (χ1n) is 9.33. The third kappa shape index (κ3) is 1.77. The van der Waals surface area contributed by atoms with Crippen LogP contribution in [-0.2, 0) is 14.4 Å². The van der Waals surface area contributed by atoms with Crippen molar-refractivity contribution in [2.75, 3.05) is 0 Å². The van der Waals surface area contributed by atoms with Gasteiger partial charge in [0.15, 0.2) is 0 Å². The van der Waals surface area contributed by atoms with Gasteiger partial charge < -0.3 is 15.0 Å². The van der Waals surface area contributed by atoms with Crippen molar-refractivity contribution >= 4 is 18.2 Å². The maximum Gasteiger partial charge on any atom is 0.309 e. The summed E-state index contributed by atoms with van der Waals surface area (Å²) in [7, 11) is 0. The molecule has 136 valence electrons. The molecule has 1 spiro atoms. The molecule has 4 aliphatic rings. The minimum atomic E-state index is -1.16. The first-order chi connectivity index (χ1) is 11.7. The van der Waals surface area contributed by atoms with Gasteiger partial charge in [-0.3, -0.25) is 9.59 Å². The quantitative estimate of drug-likeness (QED) is 0.605. The van der Waals surface area contributed by atoms with E-state index in [2.05, 4.69) is 6.58 Å². The highest BCUT2D eigenvalue weighted by Crippen LogP contribution is 2.77. The average Bonchev–Trinajstić information content (AvgIpc) is 2.96. The third-order valence-corrected chi connectivity index (χ3v) is 8.40. The highest BCUT2D eigenvalue weighted by molar-refractivity contribution is 5.82. The number of carboxylic acid groups (broad SMARTS) is 2. The summed E-state index contributed by atoms with van der Waals surface area (Å²) >= 11 is 0. The van der Waals surface area contributed by atoms with Gasteiger partial charge >= 0.3 is 11.9 Å². The zero-order valence-corrected chi connectivity index (χ0v) is 14.7. The zero-order valence-electron chi connectivity index (χ0n) is 14.7. The molecule has 0 unspecified atom stereocenters. The van der Waals surface area contributed by atoms with Gasteiger partial charge in [-0.15, -0.1) is 0 Å². The van der Waals surface area contributed by atoms with E-state index in [4.69, 9.17) is 0 Å². The fourth-order valence-corrected chi connectivity index (χ4v) is 7.64. The maximum atomic E-state index is 12.4. The van der Waals surface area contributed by atoms with Crippen molar-refractivity contribution in [3.05, 3.63) is 12.2 Å². The Balaban J connectivity index is 1.97. The summed E-state index contributed by atoms with van der Waals surface area (Å²) in [4.78, 5) is 37.1. The van der Waals surface area contributed by atoms with Crippen LogP contribution in [-0.4, -0.2) is 28.4 Å². The smallest absolute Gasteiger partial charge is 0.309 e. The molecule has 0 aliphatic heterocycles. The summed E-state index contributed by atoms with van der Waals surface area (Å²) < 4.78 is 0.